The molecule has 0 fully saturated rings. The molecule has 0 amide bonds. The van der Waals surface area contributed by atoms with E-state index in [0.29, 0.717) is 0 Å². The van der Waals surface area contributed by atoms with E-state index in [1.807, 2.05) is 19.2 Å². The topological polar surface area (TPSA) is 52.0 Å². The Morgan fingerprint density at radius 3 is 2.61 bits per heavy atom. The van der Waals surface area contributed by atoms with Crippen LogP contribution in [0.5, 0.6) is 5.75 Å². The maximum Gasteiger partial charge on any atom is 0.118 e. The van der Waals surface area contributed by atoms with Gasteiger partial charge in [-0.25, -0.2) is 0 Å². The standard InChI is InChI=1S/C13H18N4O/c1-10(11-4-6-13(18-3)7-5-11)14-8-12-9-15-16-17(12)2/h4-7,9-10,14H,8H2,1-3H3/t10-/m1/s1. The van der Waals surface area contributed by atoms with Crippen LogP contribution in [0.1, 0.15) is 24.2 Å². The first kappa shape index (κ1) is 12.6. The van der Waals surface area contributed by atoms with Crippen LogP contribution < -0.4 is 10.1 Å². The van der Waals surface area contributed by atoms with E-state index in [1.165, 1.54) is 5.56 Å². The molecule has 96 valence electrons. The lowest BCUT2D eigenvalue weighted by Gasteiger charge is -2.14. The van der Waals surface area contributed by atoms with Crippen LogP contribution in [0.2, 0.25) is 0 Å². The van der Waals surface area contributed by atoms with Gasteiger partial charge < -0.3 is 10.1 Å². The summed E-state index contributed by atoms with van der Waals surface area (Å²) in [6.07, 6.45) is 1.77. The smallest absolute Gasteiger partial charge is 0.118 e. The molecule has 0 aliphatic carbocycles. The SMILES string of the molecule is COc1ccc([C@@H](C)NCc2cnnn2C)cc1. The number of methoxy groups -OCH3 is 1. The molecular weight excluding hydrogens is 228 g/mol. The molecule has 1 atom stereocenters. The number of hydrogen-bond donors (Lipinski definition) is 1. The van der Waals surface area contributed by atoms with Crippen LogP contribution in [-0.4, -0.2) is 22.1 Å². The van der Waals surface area contributed by atoms with E-state index in [0.717, 1.165) is 18.0 Å². The van der Waals surface area contributed by atoms with Crippen LogP contribution in [0.3, 0.4) is 0 Å². The van der Waals surface area contributed by atoms with E-state index in [2.05, 4.69) is 34.7 Å². The lowest BCUT2D eigenvalue weighted by molar-refractivity contribution is 0.414. The minimum atomic E-state index is 0.269. The second-order valence-electron chi connectivity index (χ2n) is 4.22. The fraction of sp³-hybridized carbons (Fsp3) is 0.385. The Morgan fingerprint density at radius 2 is 2.06 bits per heavy atom. The highest BCUT2D eigenvalue weighted by atomic mass is 16.5. The van der Waals surface area contributed by atoms with Crippen molar-refractivity contribution in [3.63, 3.8) is 0 Å². The molecule has 18 heavy (non-hydrogen) atoms. The minimum Gasteiger partial charge on any atom is -0.497 e. The Hall–Kier alpha value is -1.88. The maximum absolute atomic E-state index is 5.14. The third-order valence-corrected chi connectivity index (χ3v) is 3.01. The first-order valence-electron chi connectivity index (χ1n) is 5.91. The van der Waals surface area contributed by atoms with Crippen molar-refractivity contribution in [2.45, 2.75) is 19.5 Å². The van der Waals surface area contributed by atoms with E-state index >= 15 is 0 Å². The maximum atomic E-state index is 5.14. The summed E-state index contributed by atoms with van der Waals surface area (Å²) in [5.74, 6) is 0.877. The van der Waals surface area contributed by atoms with Gasteiger partial charge in [0.25, 0.3) is 0 Å². The van der Waals surface area contributed by atoms with Gasteiger partial charge in [-0.05, 0) is 24.6 Å². The largest absolute Gasteiger partial charge is 0.497 e. The molecule has 5 nitrogen and oxygen atoms in total. The summed E-state index contributed by atoms with van der Waals surface area (Å²) >= 11 is 0. The predicted octanol–water partition coefficient (Wildman–Crippen LogP) is 1.67. The summed E-state index contributed by atoms with van der Waals surface area (Å²) in [5.41, 5.74) is 2.29. The zero-order chi connectivity index (χ0) is 13.0. The molecule has 1 aromatic heterocycles. The van der Waals surface area contributed by atoms with Gasteiger partial charge in [0.05, 0.1) is 19.0 Å². The van der Waals surface area contributed by atoms with E-state index in [1.54, 1.807) is 18.0 Å². The lowest BCUT2D eigenvalue weighted by atomic mass is 10.1. The van der Waals surface area contributed by atoms with Gasteiger partial charge in [0.1, 0.15) is 5.75 Å². The minimum absolute atomic E-state index is 0.269. The molecule has 0 aliphatic rings. The number of benzene rings is 1. The third-order valence-electron chi connectivity index (χ3n) is 3.01. The first-order chi connectivity index (χ1) is 8.70. The second-order valence-corrected chi connectivity index (χ2v) is 4.22. The van der Waals surface area contributed by atoms with Crippen LogP contribution >= 0.6 is 0 Å². The molecule has 0 radical (unpaired) electrons. The number of rotatable bonds is 5. The van der Waals surface area contributed by atoms with Gasteiger partial charge in [-0.3, -0.25) is 4.68 Å². The molecule has 1 heterocycles. The van der Waals surface area contributed by atoms with Gasteiger partial charge >= 0.3 is 0 Å². The summed E-state index contributed by atoms with van der Waals surface area (Å²) in [7, 11) is 3.56. The van der Waals surface area contributed by atoms with Crippen molar-refractivity contribution < 1.29 is 4.74 Å². The van der Waals surface area contributed by atoms with Crippen LogP contribution in [0.4, 0.5) is 0 Å². The first-order valence-corrected chi connectivity index (χ1v) is 5.91. The summed E-state index contributed by atoms with van der Waals surface area (Å²) in [5, 5.41) is 11.2. The van der Waals surface area contributed by atoms with Gasteiger partial charge in [-0.2, -0.15) is 0 Å². The van der Waals surface area contributed by atoms with Crippen LogP contribution in [0.15, 0.2) is 30.5 Å². The molecule has 0 saturated heterocycles. The number of ether oxygens (including phenoxy) is 1. The van der Waals surface area contributed by atoms with Gasteiger partial charge in [0.2, 0.25) is 0 Å². The molecule has 2 rings (SSSR count). The number of aromatic nitrogens is 3. The zero-order valence-electron chi connectivity index (χ0n) is 10.9. The van der Waals surface area contributed by atoms with Crippen molar-refractivity contribution in [3.05, 3.63) is 41.7 Å². The van der Waals surface area contributed by atoms with Gasteiger partial charge in [0.15, 0.2) is 0 Å². The molecule has 0 unspecified atom stereocenters. The monoisotopic (exact) mass is 246 g/mol. The molecule has 1 N–H and O–H groups in total. The fourth-order valence-corrected chi connectivity index (χ4v) is 1.74. The third kappa shape index (κ3) is 2.87. The lowest BCUT2D eigenvalue weighted by Crippen LogP contribution is -2.19. The van der Waals surface area contributed by atoms with Crippen molar-refractivity contribution >= 4 is 0 Å². The zero-order valence-corrected chi connectivity index (χ0v) is 10.9. The number of hydrogen-bond acceptors (Lipinski definition) is 4. The normalized spacial score (nSPS) is 12.4. The van der Waals surface area contributed by atoms with Crippen molar-refractivity contribution in [3.8, 4) is 5.75 Å². The van der Waals surface area contributed by atoms with Crippen molar-refractivity contribution in [1.82, 2.24) is 20.3 Å². The van der Waals surface area contributed by atoms with Crippen LogP contribution in [-0.2, 0) is 13.6 Å². The Bertz CT molecular complexity index is 492. The van der Waals surface area contributed by atoms with Crippen LogP contribution in [0.25, 0.3) is 0 Å². The van der Waals surface area contributed by atoms with E-state index in [9.17, 15) is 0 Å². The molecular formula is C13H18N4O. The van der Waals surface area contributed by atoms with E-state index in [4.69, 9.17) is 4.74 Å². The highest BCUT2D eigenvalue weighted by Gasteiger charge is 2.06. The molecule has 1 aromatic carbocycles. The number of aryl methyl sites for hydroxylation is 1. The Labute approximate surface area is 107 Å². The molecule has 0 aliphatic heterocycles. The van der Waals surface area contributed by atoms with Gasteiger partial charge in [-0.1, -0.05) is 17.3 Å². The molecule has 5 heteroatoms. The van der Waals surface area contributed by atoms with Crippen molar-refractivity contribution in [2.75, 3.05) is 7.11 Å². The molecule has 0 bridgehead atoms. The molecule has 0 saturated carbocycles. The number of nitrogens with one attached hydrogen (secondary N) is 1. The molecule has 0 spiro atoms. The summed E-state index contributed by atoms with van der Waals surface area (Å²) < 4.78 is 6.91. The Kier molecular flexibility index (Phi) is 3.94. The van der Waals surface area contributed by atoms with Gasteiger partial charge in [0, 0.05) is 19.6 Å². The predicted molar refractivity (Wildman–Crippen MR) is 69.3 cm³/mol. The highest BCUT2D eigenvalue weighted by molar-refractivity contribution is 5.28. The van der Waals surface area contributed by atoms with E-state index in [-0.39, 0.29) is 6.04 Å². The fourth-order valence-electron chi connectivity index (χ4n) is 1.74. The Morgan fingerprint density at radius 1 is 1.33 bits per heavy atom. The summed E-state index contributed by atoms with van der Waals surface area (Å²) in [6.45, 7) is 2.88. The van der Waals surface area contributed by atoms with Gasteiger partial charge in [-0.15, -0.1) is 5.10 Å². The van der Waals surface area contributed by atoms with Crippen molar-refractivity contribution in [2.24, 2.45) is 7.05 Å². The van der Waals surface area contributed by atoms with E-state index < -0.39 is 0 Å². The highest BCUT2D eigenvalue weighted by Crippen LogP contribution is 2.17. The summed E-state index contributed by atoms with van der Waals surface area (Å²) in [6, 6.07) is 8.35. The Balaban J connectivity index is 1.94. The second kappa shape index (κ2) is 5.64. The van der Waals surface area contributed by atoms with Crippen LogP contribution in [0, 0.1) is 0 Å². The summed E-state index contributed by atoms with van der Waals surface area (Å²) in [4.78, 5) is 0. The van der Waals surface area contributed by atoms with Crippen molar-refractivity contribution in [1.29, 1.82) is 0 Å². The average Bonchev–Trinajstić information content (AvgIpc) is 2.81. The molecule has 2 aromatic rings. The number of nitrogens with zero attached hydrogens (tertiary/aromatic N) is 3. The average molecular weight is 246 g/mol. The quantitative estimate of drug-likeness (QED) is 0.872.